The molecule has 0 heterocycles. The number of hydrogen-bond donors (Lipinski definition) is 1. The maximum absolute atomic E-state index is 14.2. The first-order chi connectivity index (χ1) is 9.84. The molecule has 1 aliphatic carbocycles. The molecular formula is C18H27F2N. The topological polar surface area (TPSA) is 12.0 Å². The summed E-state index contributed by atoms with van der Waals surface area (Å²) in [5, 5.41) is 3.47. The lowest BCUT2D eigenvalue weighted by atomic mass is 9.55. The van der Waals surface area contributed by atoms with Crippen LogP contribution in [0.4, 0.5) is 8.78 Å². The molecule has 1 aromatic rings. The van der Waals surface area contributed by atoms with E-state index in [4.69, 9.17) is 0 Å². The van der Waals surface area contributed by atoms with Crippen molar-refractivity contribution in [3.8, 4) is 0 Å². The van der Waals surface area contributed by atoms with Gasteiger partial charge in [-0.3, -0.25) is 0 Å². The van der Waals surface area contributed by atoms with Crippen molar-refractivity contribution in [1.29, 1.82) is 0 Å². The standard InChI is InChI=1S/C18H27F2N/c1-12(2)10-21-11-18(8-14(9-18)13(3)4)16-6-5-15(19)7-17(16)20/h5-7,12-14,21H,8-11H2,1-4H3. The molecule has 3 heteroatoms. The SMILES string of the molecule is CC(C)CNCC1(c2ccc(F)cc2F)CC(C(C)C)C1. The van der Waals surface area contributed by atoms with Gasteiger partial charge in [0.1, 0.15) is 11.6 Å². The normalized spacial score (nSPS) is 25.4. The maximum atomic E-state index is 14.2. The molecule has 21 heavy (non-hydrogen) atoms. The van der Waals surface area contributed by atoms with Gasteiger partial charge in [-0.05, 0) is 48.8 Å². The summed E-state index contributed by atoms with van der Waals surface area (Å²) in [6.07, 6.45) is 1.97. The molecule has 0 amide bonds. The molecule has 1 saturated carbocycles. The maximum Gasteiger partial charge on any atom is 0.129 e. The molecule has 1 N–H and O–H groups in total. The third-order valence-electron chi connectivity index (χ3n) is 4.77. The lowest BCUT2D eigenvalue weighted by Crippen LogP contribution is -2.51. The molecule has 0 unspecified atom stereocenters. The summed E-state index contributed by atoms with van der Waals surface area (Å²) in [5.41, 5.74) is 0.513. The van der Waals surface area contributed by atoms with Crippen LogP contribution in [0, 0.1) is 29.4 Å². The van der Waals surface area contributed by atoms with Crippen molar-refractivity contribution >= 4 is 0 Å². The Kier molecular flexibility index (Phi) is 5.03. The summed E-state index contributed by atoms with van der Waals surface area (Å²) in [6.45, 7) is 10.5. The van der Waals surface area contributed by atoms with Gasteiger partial charge in [-0.15, -0.1) is 0 Å². The van der Waals surface area contributed by atoms with Crippen molar-refractivity contribution < 1.29 is 8.78 Å². The number of benzene rings is 1. The van der Waals surface area contributed by atoms with Crippen molar-refractivity contribution in [2.24, 2.45) is 17.8 Å². The molecule has 0 aliphatic heterocycles. The monoisotopic (exact) mass is 295 g/mol. The minimum atomic E-state index is -0.499. The van der Waals surface area contributed by atoms with Crippen LogP contribution in [-0.4, -0.2) is 13.1 Å². The summed E-state index contributed by atoms with van der Waals surface area (Å²) >= 11 is 0. The molecule has 0 saturated heterocycles. The molecule has 1 aromatic carbocycles. The second-order valence-electron chi connectivity index (χ2n) is 7.34. The summed E-state index contributed by atoms with van der Waals surface area (Å²) in [4.78, 5) is 0. The third-order valence-corrected chi connectivity index (χ3v) is 4.77. The van der Waals surface area contributed by atoms with E-state index in [1.54, 1.807) is 6.07 Å². The van der Waals surface area contributed by atoms with E-state index in [1.807, 2.05) is 0 Å². The summed E-state index contributed by atoms with van der Waals surface area (Å²) in [7, 11) is 0. The Balaban J connectivity index is 2.17. The minimum absolute atomic E-state index is 0.165. The molecule has 118 valence electrons. The average Bonchev–Trinajstić information content (AvgIpc) is 2.32. The zero-order valence-corrected chi connectivity index (χ0v) is 13.5. The summed E-state index contributed by atoms with van der Waals surface area (Å²) in [6, 6.07) is 4.03. The van der Waals surface area contributed by atoms with Gasteiger partial charge in [-0.25, -0.2) is 8.78 Å². The van der Waals surface area contributed by atoms with Crippen molar-refractivity contribution in [2.45, 2.75) is 46.0 Å². The summed E-state index contributed by atoms with van der Waals surface area (Å²) < 4.78 is 27.4. The second-order valence-corrected chi connectivity index (χ2v) is 7.34. The zero-order chi connectivity index (χ0) is 15.6. The van der Waals surface area contributed by atoms with Gasteiger partial charge in [0, 0.05) is 18.0 Å². The predicted molar refractivity (Wildman–Crippen MR) is 83.3 cm³/mol. The smallest absolute Gasteiger partial charge is 0.129 e. The van der Waals surface area contributed by atoms with E-state index in [-0.39, 0.29) is 5.41 Å². The van der Waals surface area contributed by atoms with E-state index in [0.29, 0.717) is 23.3 Å². The number of nitrogens with one attached hydrogen (secondary N) is 1. The highest BCUT2D eigenvalue weighted by Crippen LogP contribution is 2.51. The van der Waals surface area contributed by atoms with Crippen molar-refractivity contribution in [2.75, 3.05) is 13.1 Å². The van der Waals surface area contributed by atoms with E-state index in [2.05, 4.69) is 33.0 Å². The van der Waals surface area contributed by atoms with Gasteiger partial charge < -0.3 is 5.32 Å². The Morgan fingerprint density at radius 2 is 1.86 bits per heavy atom. The Morgan fingerprint density at radius 3 is 2.38 bits per heavy atom. The highest BCUT2D eigenvalue weighted by atomic mass is 19.1. The number of rotatable bonds is 6. The van der Waals surface area contributed by atoms with Gasteiger partial charge in [0.15, 0.2) is 0 Å². The highest BCUT2D eigenvalue weighted by Gasteiger charge is 2.47. The van der Waals surface area contributed by atoms with E-state index >= 15 is 0 Å². The Bertz CT molecular complexity index is 476. The van der Waals surface area contributed by atoms with Crippen LogP contribution in [-0.2, 0) is 5.41 Å². The van der Waals surface area contributed by atoms with E-state index in [0.717, 1.165) is 32.0 Å². The summed E-state index contributed by atoms with van der Waals surface area (Å²) in [5.74, 6) is 0.924. The molecule has 2 rings (SSSR count). The lowest BCUT2D eigenvalue weighted by molar-refractivity contribution is 0.0937. The average molecular weight is 295 g/mol. The van der Waals surface area contributed by atoms with E-state index in [1.165, 1.54) is 6.07 Å². The van der Waals surface area contributed by atoms with Gasteiger partial charge in [0.25, 0.3) is 0 Å². The first-order valence-corrected chi connectivity index (χ1v) is 8.00. The molecule has 0 aromatic heterocycles. The van der Waals surface area contributed by atoms with Crippen LogP contribution in [0.2, 0.25) is 0 Å². The molecular weight excluding hydrogens is 268 g/mol. The van der Waals surface area contributed by atoms with Crippen LogP contribution < -0.4 is 5.32 Å². The fourth-order valence-corrected chi connectivity index (χ4v) is 3.39. The molecule has 1 fully saturated rings. The fraction of sp³-hybridized carbons (Fsp3) is 0.667. The quantitative estimate of drug-likeness (QED) is 0.814. The van der Waals surface area contributed by atoms with Gasteiger partial charge in [-0.1, -0.05) is 33.8 Å². The van der Waals surface area contributed by atoms with E-state index in [9.17, 15) is 8.78 Å². The number of hydrogen-bond acceptors (Lipinski definition) is 1. The first-order valence-electron chi connectivity index (χ1n) is 8.00. The van der Waals surface area contributed by atoms with Gasteiger partial charge in [-0.2, -0.15) is 0 Å². The van der Waals surface area contributed by atoms with Gasteiger partial charge >= 0.3 is 0 Å². The van der Waals surface area contributed by atoms with Crippen LogP contribution in [0.3, 0.4) is 0 Å². The van der Waals surface area contributed by atoms with Crippen LogP contribution in [0.15, 0.2) is 18.2 Å². The van der Waals surface area contributed by atoms with Crippen molar-refractivity contribution in [3.05, 3.63) is 35.4 Å². The highest BCUT2D eigenvalue weighted by molar-refractivity contribution is 5.31. The van der Waals surface area contributed by atoms with E-state index < -0.39 is 11.6 Å². The van der Waals surface area contributed by atoms with Crippen molar-refractivity contribution in [3.63, 3.8) is 0 Å². The molecule has 0 spiro atoms. The van der Waals surface area contributed by atoms with Crippen molar-refractivity contribution in [1.82, 2.24) is 5.32 Å². The van der Waals surface area contributed by atoms with Crippen LogP contribution in [0.25, 0.3) is 0 Å². The van der Waals surface area contributed by atoms with Crippen LogP contribution in [0.5, 0.6) is 0 Å². The molecule has 1 aliphatic rings. The Morgan fingerprint density at radius 1 is 1.19 bits per heavy atom. The van der Waals surface area contributed by atoms with Gasteiger partial charge in [0.05, 0.1) is 0 Å². The Labute approximate surface area is 127 Å². The van der Waals surface area contributed by atoms with Crippen LogP contribution >= 0.6 is 0 Å². The largest absolute Gasteiger partial charge is 0.316 e. The molecule has 0 bridgehead atoms. The Hall–Kier alpha value is -0.960. The van der Waals surface area contributed by atoms with Gasteiger partial charge in [0.2, 0.25) is 0 Å². The first kappa shape index (κ1) is 16.4. The van der Waals surface area contributed by atoms with Crippen LogP contribution in [0.1, 0.15) is 46.1 Å². The lowest BCUT2D eigenvalue weighted by Gasteiger charge is -2.50. The minimum Gasteiger partial charge on any atom is -0.316 e. The zero-order valence-electron chi connectivity index (χ0n) is 13.5. The third kappa shape index (κ3) is 3.63. The predicted octanol–water partition coefficient (Wildman–Crippen LogP) is 4.51. The second kappa shape index (κ2) is 6.43. The molecule has 0 radical (unpaired) electrons. The molecule has 1 nitrogen and oxygen atoms in total. The fourth-order valence-electron chi connectivity index (χ4n) is 3.39. The number of halogens is 2. The molecule has 0 atom stereocenters.